The highest BCUT2D eigenvalue weighted by atomic mass is 79.9. The van der Waals surface area contributed by atoms with E-state index in [1.54, 1.807) is 24.4 Å². The maximum absolute atomic E-state index is 13.7. The van der Waals surface area contributed by atoms with E-state index in [2.05, 4.69) is 31.2 Å². The Hall–Kier alpha value is -2.29. The lowest BCUT2D eigenvalue weighted by Gasteiger charge is -2.20. The van der Waals surface area contributed by atoms with Crippen molar-refractivity contribution in [1.82, 2.24) is 9.97 Å². The number of ether oxygens (including phenoxy) is 1. The number of anilines is 1. The van der Waals surface area contributed by atoms with Crippen LogP contribution in [-0.2, 0) is 4.79 Å². The molecule has 0 spiro atoms. The molecule has 0 saturated heterocycles. The number of halogens is 3. The van der Waals surface area contributed by atoms with Crippen LogP contribution in [0.25, 0.3) is 21.1 Å². The van der Waals surface area contributed by atoms with Gasteiger partial charge in [-0.05, 0) is 82.9 Å². The van der Waals surface area contributed by atoms with E-state index in [9.17, 15) is 9.18 Å². The van der Waals surface area contributed by atoms with E-state index in [4.69, 9.17) is 16.3 Å². The molecule has 5 atom stereocenters. The van der Waals surface area contributed by atoms with Gasteiger partial charge in [0, 0.05) is 27.0 Å². The predicted octanol–water partition coefficient (Wildman–Crippen LogP) is 7.08. The van der Waals surface area contributed by atoms with E-state index in [-0.39, 0.29) is 23.7 Å². The molecule has 0 radical (unpaired) electrons. The monoisotopic (exact) mass is 559 g/mol. The van der Waals surface area contributed by atoms with Gasteiger partial charge < -0.3 is 10.1 Å². The quantitative estimate of drug-likeness (QED) is 0.283. The first kappa shape index (κ1) is 22.2. The molecule has 34 heavy (non-hydrogen) atoms. The molecule has 1 amide bonds. The first-order valence-electron chi connectivity index (χ1n) is 11.1. The molecule has 2 aliphatic carbocycles. The van der Waals surface area contributed by atoms with E-state index in [0.29, 0.717) is 39.0 Å². The zero-order valence-electron chi connectivity index (χ0n) is 18.1. The zero-order valence-corrected chi connectivity index (χ0v) is 21.3. The molecule has 2 heterocycles. The number of rotatable bonds is 5. The van der Waals surface area contributed by atoms with E-state index in [1.807, 2.05) is 13.0 Å². The first-order chi connectivity index (χ1) is 16.4. The standard InChI is InChI=1S/C25H20BrClFN3O2S/c1-11(24(32)31-25-30-23-18(26)6-12(27)7-21(23)34-25)22-15-9-14(10-16(15)22)33-20-4-5-29-19-3-2-13(28)8-17(19)20/h2-8,11,14-16,22H,9-10H2,1H3,(H,30,31,32)/t11?,14?,15-,16+,22?. The molecule has 0 aliphatic heterocycles. The highest BCUT2D eigenvalue weighted by molar-refractivity contribution is 9.10. The molecule has 6 rings (SSSR count). The molecular formula is C25H20BrClFN3O2S. The van der Waals surface area contributed by atoms with Crippen molar-refractivity contribution in [2.75, 3.05) is 5.32 Å². The molecule has 5 nitrogen and oxygen atoms in total. The van der Waals surface area contributed by atoms with Gasteiger partial charge in [0.1, 0.15) is 11.6 Å². The number of nitrogens with zero attached hydrogens (tertiary/aromatic N) is 2. The Morgan fingerprint density at radius 2 is 2.06 bits per heavy atom. The van der Waals surface area contributed by atoms with Crippen molar-refractivity contribution >= 4 is 71.0 Å². The smallest absolute Gasteiger partial charge is 0.229 e. The van der Waals surface area contributed by atoms with Gasteiger partial charge in [-0.15, -0.1) is 0 Å². The minimum absolute atomic E-state index is 0.00579. The number of thiazole rings is 1. The number of carbonyl (C=O) groups is 1. The van der Waals surface area contributed by atoms with Gasteiger partial charge in [0.15, 0.2) is 5.13 Å². The van der Waals surface area contributed by atoms with E-state index < -0.39 is 0 Å². The summed E-state index contributed by atoms with van der Waals surface area (Å²) < 4.78 is 21.7. The normalized spacial score (nSPS) is 24.2. The lowest BCUT2D eigenvalue weighted by atomic mass is 9.97. The maximum atomic E-state index is 13.7. The summed E-state index contributed by atoms with van der Waals surface area (Å²) in [6, 6.07) is 9.99. The van der Waals surface area contributed by atoms with Crippen LogP contribution >= 0.6 is 38.9 Å². The van der Waals surface area contributed by atoms with Crippen LogP contribution in [0.15, 0.2) is 47.1 Å². The van der Waals surface area contributed by atoms with Crippen LogP contribution < -0.4 is 10.1 Å². The number of nitrogens with one attached hydrogen (secondary N) is 1. The number of pyridine rings is 1. The summed E-state index contributed by atoms with van der Waals surface area (Å²) >= 11 is 11.0. The topological polar surface area (TPSA) is 64.1 Å². The summed E-state index contributed by atoms with van der Waals surface area (Å²) in [5.41, 5.74) is 1.51. The maximum Gasteiger partial charge on any atom is 0.229 e. The summed E-state index contributed by atoms with van der Waals surface area (Å²) in [7, 11) is 0. The van der Waals surface area contributed by atoms with Crippen molar-refractivity contribution in [3.8, 4) is 5.75 Å². The van der Waals surface area contributed by atoms with Crippen LogP contribution in [0, 0.1) is 29.5 Å². The largest absolute Gasteiger partial charge is 0.490 e. The van der Waals surface area contributed by atoms with Gasteiger partial charge in [-0.3, -0.25) is 9.78 Å². The van der Waals surface area contributed by atoms with Crippen molar-refractivity contribution in [2.24, 2.45) is 23.7 Å². The average molecular weight is 561 g/mol. The molecular weight excluding hydrogens is 541 g/mol. The fraction of sp³-hybridized carbons (Fsp3) is 0.320. The molecule has 4 aromatic rings. The van der Waals surface area contributed by atoms with E-state index >= 15 is 0 Å². The van der Waals surface area contributed by atoms with E-state index in [0.717, 1.165) is 33.0 Å². The summed E-state index contributed by atoms with van der Waals surface area (Å²) in [5.74, 6) is 1.54. The van der Waals surface area contributed by atoms with Crippen molar-refractivity contribution in [1.29, 1.82) is 0 Å². The second kappa shape index (κ2) is 8.43. The van der Waals surface area contributed by atoms with Crippen LogP contribution in [-0.4, -0.2) is 22.0 Å². The molecule has 0 bridgehead atoms. The van der Waals surface area contributed by atoms with Gasteiger partial charge in [0.2, 0.25) is 5.91 Å². The third kappa shape index (κ3) is 3.95. The molecule has 9 heteroatoms. The van der Waals surface area contributed by atoms with Crippen LogP contribution in [0.1, 0.15) is 19.8 Å². The second-order valence-corrected chi connectivity index (χ2v) is 11.4. The Labute approximate surface area is 212 Å². The van der Waals surface area contributed by atoms with Crippen molar-refractivity contribution in [3.63, 3.8) is 0 Å². The number of hydrogen-bond acceptors (Lipinski definition) is 5. The summed E-state index contributed by atoms with van der Waals surface area (Å²) in [4.78, 5) is 21.8. The van der Waals surface area contributed by atoms with Crippen molar-refractivity contribution < 1.29 is 13.9 Å². The number of carbonyl (C=O) groups excluding carboxylic acids is 1. The summed E-state index contributed by atoms with van der Waals surface area (Å²) in [5, 5.41) is 4.90. The first-order valence-corrected chi connectivity index (χ1v) is 13.1. The SMILES string of the molecule is CC(C(=O)Nc1nc2c(Br)cc(Cl)cc2s1)C1[C@H]2CC(Oc3ccnc4ccc(F)cc34)C[C@@H]12. The Bertz CT molecular complexity index is 1430. The fourth-order valence-corrected chi connectivity index (χ4v) is 7.49. The molecule has 2 aromatic heterocycles. The zero-order chi connectivity index (χ0) is 23.6. The molecule has 2 saturated carbocycles. The van der Waals surface area contributed by atoms with Gasteiger partial charge in [0.25, 0.3) is 0 Å². The fourth-order valence-electron chi connectivity index (χ4n) is 5.46. The Kier molecular flexibility index (Phi) is 5.50. The Balaban J connectivity index is 1.09. The number of hydrogen-bond donors (Lipinski definition) is 1. The molecule has 2 fully saturated rings. The molecule has 1 N–H and O–H groups in total. The highest BCUT2D eigenvalue weighted by Crippen LogP contribution is 2.61. The molecule has 2 aliphatic rings. The predicted molar refractivity (Wildman–Crippen MR) is 136 cm³/mol. The Morgan fingerprint density at radius 3 is 2.85 bits per heavy atom. The minimum atomic E-state index is -0.303. The number of amides is 1. The summed E-state index contributed by atoms with van der Waals surface area (Å²) in [6.07, 6.45) is 3.56. The minimum Gasteiger partial charge on any atom is -0.490 e. The van der Waals surface area contributed by atoms with Crippen molar-refractivity contribution in [3.05, 3.63) is 57.9 Å². The van der Waals surface area contributed by atoms with Gasteiger partial charge in [-0.2, -0.15) is 0 Å². The third-order valence-electron chi connectivity index (χ3n) is 7.06. The van der Waals surface area contributed by atoms with Gasteiger partial charge >= 0.3 is 0 Å². The van der Waals surface area contributed by atoms with E-state index in [1.165, 1.54) is 23.5 Å². The second-order valence-electron chi connectivity index (χ2n) is 9.12. The van der Waals surface area contributed by atoms with Crippen LogP contribution in [0.4, 0.5) is 9.52 Å². The lowest BCUT2D eigenvalue weighted by molar-refractivity contribution is -0.120. The van der Waals surface area contributed by atoms with Crippen LogP contribution in [0.5, 0.6) is 5.75 Å². The molecule has 174 valence electrons. The van der Waals surface area contributed by atoms with Crippen LogP contribution in [0.2, 0.25) is 5.02 Å². The molecule has 3 unspecified atom stereocenters. The molecule has 2 aromatic carbocycles. The van der Waals surface area contributed by atoms with Gasteiger partial charge in [-0.25, -0.2) is 9.37 Å². The number of fused-ring (bicyclic) bond motifs is 3. The van der Waals surface area contributed by atoms with Crippen molar-refractivity contribution in [2.45, 2.75) is 25.9 Å². The average Bonchev–Trinajstić information content (AvgIpc) is 3.10. The lowest BCUT2D eigenvalue weighted by Crippen LogP contribution is -2.25. The van der Waals surface area contributed by atoms with Gasteiger partial charge in [0.05, 0.1) is 21.8 Å². The van der Waals surface area contributed by atoms with Gasteiger partial charge in [-0.1, -0.05) is 29.9 Å². The van der Waals surface area contributed by atoms with Crippen LogP contribution in [0.3, 0.4) is 0 Å². The number of aromatic nitrogens is 2. The Morgan fingerprint density at radius 1 is 1.26 bits per heavy atom. The highest BCUT2D eigenvalue weighted by Gasteiger charge is 2.59. The number of benzene rings is 2. The summed E-state index contributed by atoms with van der Waals surface area (Å²) in [6.45, 7) is 1.99. The third-order valence-corrected chi connectivity index (χ3v) is 8.80.